The third kappa shape index (κ3) is 6.90. The van der Waals surface area contributed by atoms with Gasteiger partial charge in [-0.3, -0.25) is 14.9 Å². The number of aryl methyl sites for hydroxylation is 1. The minimum atomic E-state index is -0.970. The van der Waals surface area contributed by atoms with E-state index in [1.807, 2.05) is 53.9 Å². The van der Waals surface area contributed by atoms with Crippen molar-refractivity contribution in [3.8, 4) is 0 Å². The van der Waals surface area contributed by atoms with Crippen molar-refractivity contribution in [3.05, 3.63) is 35.9 Å². The van der Waals surface area contributed by atoms with E-state index >= 15 is 0 Å². The summed E-state index contributed by atoms with van der Waals surface area (Å²) in [6, 6.07) is 7.67. The summed E-state index contributed by atoms with van der Waals surface area (Å²) in [6.07, 6.45) is 3.51. The molecule has 1 amide bonds. The van der Waals surface area contributed by atoms with E-state index in [9.17, 15) is 19.5 Å². The van der Waals surface area contributed by atoms with Crippen LogP contribution in [0.2, 0.25) is 0 Å². The quantitative estimate of drug-likeness (QED) is 0.506. The molecule has 3 rings (SSSR count). The number of rotatable bonds is 9. The van der Waals surface area contributed by atoms with Gasteiger partial charge in [0.05, 0.1) is 16.7 Å². The first kappa shape index (κ1) is 25.9. The maximum Gasteiger partial charge on any atom is 0.326 e. The molecule has 0 saturated carbocycles. The van der Waals surface area contributed by atoms with E-state index in [1.165, 1.54) is 4.90 Å². The number of amides is 1. The monoisotopic (exact) mass is 494 g/mol. The second kappa shape index (κ2) is 12.1. The molecule has 1 unspecified atom stereocenters. The van der Waals surface area contributed by atoms with Gasteiger partial charge in [0.15, 0.2) is 0 Å². The van der Waals surface area contributed by atoms with Gasteiger partial charge in [0, 0.05) is 6.54 Å². The first-order valence-corrected chi connectivity index (χ1v) is 13.6. The van der Waals surface area contributed by atoms with Gasteiger partial charge >= 0.3 is 11.9 Å². The minimum absolute atomic E-state index is 0.132. The molecule has 0 aromatic heterocycles. The highest BCUT2D eigenvalue weighted by atomic mass is 32.2. The molecule has 2 N–H and O–H groups in total. The molecule has 1 aromatic rings. The summed E-state index contributed by atoms with van der Waals surface area (Å²) < 4.78 is 5.11. The Kier molecular flexibility index (Phi) is 9.52. The van der Waals surface area contributed by atoms with Crippen molar-refractivity contribution >= 4 is 41.4 Å². The zero-order chi connectivity index (χ0) is 23.8. The van der Waals surface area contributed by atoms with Crippen LogP contribution in [0.3, 0.4) is 0 Å². The third-order valence-electron chi connectivity index (χ3n) is 6.13. The van der Waals surface area contributed by atoms with E-state index in [2.05, 4.69) is 5.32 Å². The van der Waals surface area contributed by atoms with Crippen LogP contribution in [-0.2, 0) is 25.5 Å². The largest absolute Gasteiger partial charge is 0.480 e. The molecule has 33 heavy (non-hydrogen) atoms. The predicted octanol–water partition coefficient (Wildman–Crippen LogP) is 3.17. The number of piperidine rings is 1. The summed E-state index contributed by atoms with van der Waals surface area (Å²) in [5, 5.41) is 12.9. The fourth-order valence-corrected chi connectivity index (χ4v) is 7.71. The number of benzene rings is 1. The zero-order valence-corrected chi connectivity index (χ0v) is 21.0. The molecule has 2 aliphatic heterocycles. The number of aliphatic carboxylic acids is 1. The first-order valence-electron chi connectivity index (χ1n) is 11.6. The second-order valence-electron chi connectivity index (χ2n) is 8.54. The fraction of sp³-hybridized carbons (Fsp3) is 0.625. The molecule has 0 aliphatic carbocycles. The van der Waals surface area contributed by atoms with Gasteiger partial charge in [0.25, 0.3) is 0 Å². The highest BCUT2D eigenvalue weighted by Gasteiger charge is 2.46. The molecule has 2 saturated heterocycles. The van der Waals surface area contributed by atoms with Gasteiger partial charge in [0.1, 0.15) is 12.1 Å². The molecule has 3 atom stereocenters. The molecular weight excluding hydrogens is 460 g/mol. The number of likely N-dealkylation sites (tertiary alicyclic amines) is 1. The van der Waals surface area contributed by atoms with Crippen LogP contribution in [0.25, 0.3) is 0 Å². The number of hydrogen-bond acceptors (Lipinski definition) is 7. The number of carboxylic acids is 1. The molecule has 182 valence electrons. The molecule has 0 bridgehead atoms. The van der Waals surface area contributed by atoms with Crippen molar-refractivity contribution in [1.29, 1.82) is 0 Å². The van der Waals surface area contributed by atoms with E-state index in [4.69, 9.17) is 4.74 Å². The van der Waals surface area contributed by atoms with Gasteiger partial charge in [-0.2, -0.15) is 0 Å². The molecule has 2 heterocycles. The van der Waals surface area contributed by atoms with Crippen molar-refractivity contribution in [2.75, 3.05) is 24.7 Å². The summed E-state index contributed by atoms with van der Waals surface area (Å²) in [6.45, 7) is 4.14. The van der Waals surface area contributed by atoms with Crippen LogP contribution >= 0.6 is 23.5 Å². The maximum absolute atomic E-state index is 13.5. The van der Waals surface area contributed by atoms with E-state index in [0.29, 0.717) is 25.8 Å². The Morgan fingerprint density at radius 1 is 1.24 bits per heavy atom. The number of nitrogens with zero attached hydrogens (tertiary/aromatic N) is 1. The molecule has 2 fully saturated rings. The van der Waals surface area contributed by atoms with E-state index in [1.54, 1.807) is 13.8 Å². The maximum atomic E-state index is 13.5. The zero-order valence-electron chi connectivity index (χ0n) is 19.3. The third-order valence-corrected chi connectivity index (χ3v) is 9.54. The van der Waals surface area contributed by atoms with Gasteiger partial charge in [-0.1, -0.05) is 30.3 Å². The topological polar surface area (TPSA) is 95.9 Å². The standard InChI is InChI=1S/C24H34N2O5S2/c1-3-31-23(30)19(11-10-18-8-5-4-6-9-18)25-17(2)21(27)26-16-24(32-14-7-15-33-24)13-12-20(26)22(28)29/h4-6,8-9,17,19-20,25H,3,7,10-16H2,1-2H3,(H,28,29)/t17-,19?,20-/m0/s1. The van der Waals surface area contributed by atoms with E-state index in [-0.39, 0.29) is 16.6 Å². The van der Waals surface area contributed by atoms with E-state index < -0.39 is 30.1 Å². The summed E-state index contributed by atoms with van der Waals surface area (Å²) in [4.78, 5) is 39.5. The lowest BCUT2D eigenvalue weighted by Crippen LogP contribution is -2.60. The van der Waals surface area contributed by atoms with Gasteiger partial charge in [0.2, 0.25) is 5.91 Å². The average molecular weight is 495 g/mol. The van der Waals surface area contributed by atoms with Crippen molar-refractivity contribution in [1.82, 2.24) is 10.2 Å². The Morgan fingerprint density at radius 2 is 1.94 bits per heavy atom. The van der Waals surface area contributed by atoms with Gasteiger partial charge in [-0.05, 0) is 63.0 Å². The molecule has 1 aromatic carbocycles. The molecule has 9 heteroatoms. The van der Waals surface area contributed by atoms with E-state index in [0.717, 1.165) is 29.9 Å². The van der Waals surface area contributed by atoms with Crippen molar-refractivity contribution < 1.29 is 24.2 Å². The number of thioether (sulfide) groups is 2. The van der Waals surface area contributed by atoms with Crippen LogP contribution in [0, 0.1) is 0 Å². The smallest absolute Gasteiger partial charge is 0.326 e. The predicted molar refractivity (Wildman–Crippen MR) is 132 cm³/mol. The first-order chi connectivity index (χ1) is 15.8. The van der Waals surface area contributed by atoms with Crippen LogP contribution in [0.15, 0.2) is 30.3 Å². The number of carboxylic acid groups (broad SMARTS) is 1. The Labute approximate surface area is 204 Å². The Hall–Kier alpha value is -1.71. The average Bonchev–Trinajstić information content (AvgIpc) is 2.82. The van der Waals surface area contributed by atoms with Gasteiger partial charge in [-0.25, -0.2) is 4.79 Å². The lowest BCUT2D eigenvalue weighted by molar-refractivity contribution is -0.153. The Balaban J connectivity index is 1.70. The Morgan fingerprint density at radius 3 is 2.58 bits per heavy atom. The van der Waals surface area contributed by atoms with Crippen LogP contribution in [-0.4, -0.2) is 74.7 Å². The lowest BCUT2D eigenvalue weighted by atomic mass is 9.99. The molecule has 2 aliphatic rings. The van der Waals surface area contributed by atoms with Crippen LogP contribution in [0.5, 0.6) is 0 Å². The van der Waals surface area contributed by atoms with Gasteiger partial charge < -0.3 is 14.7 Å². The van der Waals surface area contributed by atoms with Crippen molar-refractivity contribution in [3.63, 3.8) is 0 Å². The Bertz CT molecular complexity index is 816. The number of esters is 1. The normalized spacial score (nSPS) is 21.9. The van der Waals surface area contributed by atoms with Crippen LogP contribution in [0.4, 0.5) is 0 Å². The van der Waals surface area contributed by atoms with Crippen molar-refractivity contribution in [2.45, 2.75) is 68.2 Å². The summed E-state index contributed by atoms with van der Waals surface area (Å²) in [5.41, 5.74) is 1.10. The van der Waals surface area contributed by atoms with Crippen molar-refractivity contribution in [2.24, 2.45) is 0 Å². The summed E-state index contributed by atoms with van der Waals surface area (Å²) in [7, 11) is 0. The number of nitrogens with one attached hydrogen (secondary N) is 1. The number of carbonyl (C=O) groups is 3. The number of ether oxygens (including phenoxy) is 1. The molecular formula is C24H34N2O5S2. The summed E-state index contributed by atoms with van der Waals surface area (Å²) >= 11 is 3.69. The summed E-state index contributed by atoms with van der Waals surface area (Å²) in [5.74, 6) is 0.427. The second-order valence-corrected chi connectivity index (χ2v) is 11.8. The highest BCUT2D eigenvalue weighted by Crippen LogP contribution is 2.49. The fourth-order valence-electron chi connectivity index (χ4n) is 4.39. The van der Waals surface area contributed by atoms with Crippen LogP contribution < -0.4 is 5.32 Å². The lowest BCUT2D eigenvalue weighted by Gasteiger charge is -2.47. The van der Waals surface area contributed by atoms with Crippen LogP contribution in [0.1, 0.15) is 45.1 Å². The molecule has 0 radical (unpaired) electrons. The number of hydrogen-bond donors (Lipinski definition) is 2. The molecule has 7 nitrogen and oxygen atoms in total. The van der Waals surface area contributed by atoms with Gasteiger partial charge in [-0.15, -0.1) is 23.5 Å². The minimum Gasteiger partial charge on any atom is -0.480 e. The number of carbonyl (C=O) groups excluding carboxylic acids is 2. The SMILES string of the molecule is CCOC(=O)C(CCc1ccccc1)N[C@@H](C)C(=O)N1CC2(CC[C@H]1C(=O)O)SCCCS2. The highest BCUT2D eigenvalue weighted by molar-refractivity contribution is 8.18. The molecule has 1 spiro atoms.